The smallest absolute Gasteiger partial charge is 0.326 e. The maximum Gasteiger partial charge on any atom is 0.326 e. The van der Waals surface area contributed by atoms with E-state index in [4.69, 9.17) is 4.55 Å². The van der Waals surface area contributed by atoms with Crippen LogP contribution in [0.5, 0.6) is 5.75 Å². The van der Waals surface area contributed by atoms with Crippen LogP contribution in [0.15, 0.2) is 48.5 Å². The second kappa shape index (κ2) is 11.3. The van der Waals surface area contributed by atoms with Crippen LogP contribution in [0.1, 0.15) is 18.1 Å². The molecule has 1 aliphatic heterocycles. The molecule has 194 valence electrons. The average molecular weight is 550 g/mol. The number of sulfonamides is 1. The molecule has 12 nitrogen and oxygen atoms in total. The SMILES string of the molecule is CCS(=O)(=O)O.CS(=O)(=O)N[C@@H](Cc1ccccc1)Cc1ccc(N2CC(=O)NS2(=O)=O)c(O)c1. The molecule has 1 atom stereocenters. The van der Waals surface area contributed by atoms with Crippen molar-refractivity contribution < 1.29 is 39.7 Å². The molecule has 1 fully saturated rings. The monoisotopic (exact) mass is 549 g/mol. The first kappa shape index (κ1) is 28.5. The Kier molecular flexibility index (Phi) is 9.24. The van der Waals surface area contributed by atoms with E-state index in [0.717, 1.165) is 16.1 Å². The van der Waals surface area contributed by atoms with Gasteiger partial charge in [-0.2, -0.15) is 16.8 Å². The minimum atomic E-state index is -4.03. The first-order valence-corrected chi connectivity index (χ1v) is 15.2. The van der Waals surface area contributed by atoms with E-state index < -0.39 is 48.8 Å². The highest BCUT2D eigenvalue weighted by molar-refractivity contribution is 7.92. The summed E-state index contributed by atoms with van der Waals surface area (Å²) in [6.45, 7) is 0.955. The Hall–Kier alpha value is -2.72. The zero-order valence-electron chi connectivity index (χ0n) is 18.9. The summed E-state index contributed by atoms with van der Waals surface area (Å²) in [5, 5.41) is 10.3. The topological polar surface area (TPSA) is 187 Å². The molecule has 0 radical (unpaired) electrons. The highest BCUT2D eigenvalue weighted by atomic mass is 32.2. The Morgan fingerprint density at radius 1 is 1.06 bits per heavy atom. The third-order valence-electron chi connectivity index (χ3n) is 4.68. The second-order valence-electron chi connectivity index (χ2n) is 7.71. The lowest BCUT2D eigenvalue weighted by atomic mass is 9.99. The van der Waals surface area contributed by atoms with Crippen LogP contribution in [0.2, 0.25) is 0 Å². The lowest BCUT2D eigenvalue weighted by Gasteiger charge is -2.20. The summed E-state index contributed by atoms with van der Waals surface area (Å²) < 4.78 is 79.5. The quantitative estimate of drug-likeness (QED) is 0.333. The molecule has 35 heavy (non-hydrogen) atoms. The van der Waals surface area contributed by atoms with Crippen molar-refractivity contribution in [3.05, 3.63) is 59.7 Å². The number of hydrogen-bond donors (Lipinski definition) is 4. The Morgan fingerprint density at radius 2 is 1.63 bits per heavy atom. The van der Waals surface area contributed by atoms with Crippen molar-refractivity contribution in [3.8, 4) is 5.75 Å². The average Bonchev–Trinajstić information content (AvgIpc) is 2.99. The minimum Gasteiger partial charge on any atom is -0.506 e. The number of phenols is 1. The molecule has 0 unspecified atom stereocenters. The molecule has 1 amide bonds. The molecule has 2 aromatic rings. The van der Waals surface area contributed by atoms with E-state index in [-0.39, 0.29) is 23.6 Å². The van der Waals surface area contributed by atoms with Crippen molar-refractivity contribution in [2.24, 2.45) is 0 Å². The van der Waals surface area contributed by atoms with Gasteiger partial charge in [-0.25, -0.2) is 22.2 Å². The van der Waals surface area contributed by atoms with Gasteiger partial charge in [0.25, 0.3) is 16.0 Å². The number of nitrogens with zero attached hydrogens (tertiary/aromatic N) is 1. The van der Waals surface area contributed by atoms with Crippen molar-refractivity contribution in [2.75, 3.05) is 22.9 Å². The number of rotatable bonds is 8. The van der Waals surface area contributed by atoms with Crippen molar-refractivity contribution in [3.63, 3.8) is 0 Å². The van der Waals surface area contributed by atoms with Gasteiger partial charge in [0.1, 0.15) is 12.3 Å². The third-order valence-corrected chi connectivity index (χ3v) is 7.56. The molecule has 0 spiro atoms. The molecule has 1 saturated heterocycles. The van der Waals surface area contributed by atoms with Gasteiger partial charge in [-0.15, -0.1) is 0 Å². The number of carbonyl (C=O) groups is 1. The van der Waals surface area contributed by atoms with Gasteiger partial charge in [0.2, 0.25) is 10.0 Å². The van der Waals surface area contributed by atoms with E-state index in [9.17, 15) is 35.2 Å². The Bertz CT molecular complexity index is 1360. The highest BCUT2D eigenvalue weighted by Crippen LogP contribution is 2.31. The normalized spacial score (nSPS) is 16.2. The standard InChI is InChI=1S/C18H21N3O6S2.C2H6O3S/c1-28(24,25)19-15(9-13-5-3-2-4-6-13)10-14-7-8-16(17(22)11-14)21-12-18(23)20-29(21,26)27;1-2-6(3,4)5/h2-8,11,15,19,22H,9-10,12H2,1H3,(H,20,23);2H2,1H3,(H,3,4,5)/t15-;/m0./s1. The van der Waals surface area contributed by atoms with E-state index in [1.54, 1.807) is 6.07 Å². The number of hydrogen-bond acceptors (Lipinski definition) is 8. The fourth-order valence-corrected chi connectivity index (χ4v) is 5.14. The highest BCUT2D eigenvalue weighted by Gasteiger charge is 2.35. The summed E-state index contributed by atoms with van der Waals surface area (Å²) in [5.74, 6) is -1.21. The van der Waals surface area contributed by atoms with Crippen LogP contribution in [0, 0.1) is 0 Å². The Morgan fingerprint density at radius 3 is 2.09 bits per heavy atom. The van der Waals surface area contributed by atoms with E-state index in [1.807, 2.05) is 35.1 Å². The predicted octanol–water partition coefficient (Wildman–Crippen LogP) is 0.170. The number of carbonyl (C=O) groups excluding carboxylic acids is 1. The molecule has 1 aliphatic rings. The third kappa shape index (κ3) is 9.45. The molecule has 0 aromatic heterocycles. The number of aromatic hydroxyl groups is 1. The van der Waals surface area contributed by atoms with Crippen molar-refractivity contribution in [1.29, 1.82) is 0 Å². The first-order chi connectivity index (χ1) is 16.1. The van der Waals surface area contributed by atoms with Gasteiger partial charge in [-0.1, -0.05) is 36.4 Å². The van der Waals surface area contributed by atoms with Gasteiger partial charge in [0.15, 0.2) is 0 Å². The van der Waals surface area contributed by atoms with Crippen LogP contribution in [0.4, 0.5) is 5.69 Å². The van der Waals surface area contributed by atoms with Crippen LogP contribution in [0.3, 0.4) is 0 Å². The lowest BCUT2D eigenvalue weighted by molar-refractivity contribution is -0.117. The zero-order valence-corrected chi connectivity index (χ0v) is 21.4. The predicted molar refractivity (Wildman–Crippen MR) is 130 cm³/mol. The van der Waals surface area contributed by atoms with Crippen LogP contribution < -0.4 is 13.7 Å². The van der Waals surface area contributed by atoms with Gasteiger partial charge in [0.05, 0.1) is 17.7 Å². The number of benzene rings is 2. The zero-order chi connectivity index (χ0) is 26.4. The van der Waals surface area contributed by atoms with Crippen LogP contribution in [-0.4, -0.2) is 65.4 Å². The summed E-state index contributed by atoms with van der Waals surface area (Å²) >= 11 is 0. The van der Waals surface area contributed by atoms with Gasteiger partial charge in [-0.3, -0.25) is 9.35 Å². The Labute approximate surface area is 205 Å². The van der Waals surface area contributed by atoms with Crippen molar-refractivity contribution in [1.82, 2.24) is 9.44 Å². The van der Waals surface area contributed by atoms with Gasteiger partial charge >= 0.3 is 10.2 Å². The van der Waals surface area contributed by atoms with E-state index in [2.05, 4.69) is 4.72 Å². The van der Waals surface area contributed by atoms with Gasteiger partial charge in [-0.05, 0) is 43.0 Å². The molecule has 15 heteroatoms. The summed E-state index contributed by atoms with van der Waals surface area (Å²) in [7, 11) is -11.2. The maximum absolute atomic E-state index is 12.0. The molecular weight excluding hydrogens is 522 g/mol. The van der Waals surface area contributed by atoms with E-state index in [1.165, 1.54) is 19.1 Å². The number of anilines is 1. The molecule has 2 aromatic carbocycles. The molecule has 0 aliphatic carbocycles. The maximum atomic E-state index is 12.0. The summed E-state index contributed by atoms with van der Waals surface area (Å²) in [6, 6.07) is 13.3. The fraction of sp³-hybridized carbons (Fsp3) is 0.350. The molecule has 3 rings (SSSR count). The minimum absolute atomic E-state index is 0.0252. The van der Waals surface area contributed by atoms with Crippen LogP contribution in [-0.2, 0) is 48.0 Å². The number of amides is 1. The molecule has 4 N–H and O–H groups in total. The largest absolute Gasteiger partial charge is 0.506 e. The van der Waals surface area contributed by atoms with Crippen LogP contribution >= 0.6 is 0 Å². The van der Waals surface area contributed by atoms with Crippen LogP contribution in [0.25, 0.3) is 0 Å². The second-order valence-corrected chi connectivity index (χ2v) is 12.8. The Balaban J connectivity index is 0.000000641. The first-order valence-electron chi connectivity index (χ1n) is 10.2. The van der Waals surface area contributed by atoms with Gasteiger partial charge in [0, 0.05) is 6.04 Å². The lowest BCUT2D eigenvalue weighted by Crippen LogP contribution is -2.37. The van der Waals surface area contributed by atoms with E-state index in [0.29, 0.717) is 12.0 Å². The molecule has 0 saturated carbocycles. The number of nitrogens with one attached hydrogen (secondary N) is 2. The van der Waals surface area contributed by atoms with E-state index >= 15 is 0 Å². The number of phenolic OH excluding ortho intramolecular Hbond substituents is 1. The molecule has 1 heterocycles. The van der Waals surface area contributed by atoms with Crippen molar-refractivity contribution in [2.45, 2.75) is 25.8 Å². The summed E-state index contributed by atoms with van der Waals surface area (Å²) in [5.41, 5.74) is 1.53. The molecular formula is C20H27N3O9S3. The van der Waals surface area contributed by atoms with Gasteiger partial charge < -0.3 is 5.11 Å². The fourth-order valence-electron chi connectivity index (χ4n) is 3.21. The molecule has 0 bridgehead atoms. The summed E-state index contributed by atoms with van der Waals surface area (Å²) in [4.78, 5) is 11.4. The van der Waals surface area contributed by atoms with Crippen molar-refractivity contribution >= 4 is 41.9 Å². The summed E-state index contributed by atoms with van der Waals surface area (Å²) in [6.07, 6.45) is 1.79.